The van der Waals surface area contributed by atoms with Gasteiger partial charge in [-0.25, -0.2) is 4.98 Å². The summed E-state index contributed by atoms with van der Waals surface area (Å²) in [5.74, 6) is 0.729. The number of carbonyl (C=O) groups is 1. The number of fused-ring (bicyclic) bond motifs is 1. The Kier molecular flexibility index (Phi) is 3.71. The second kappa shape index (κ2) is 5.80. The van der Waals surface area contributed by atoms with E-state index in [1.807, 2.05) is 19.4 Å². The lowest BCUT2D eigenvalue weighted by molar-refractivity contribution is -0.122. The summed E-state index contributed by atoms with van der Waals surface area (Å²) in [6.07, 6.45) is 6.91. The molecule has 0 N–H and O–H groups in total. The first-order valence-electron chi connectivity index (χ1n) is 8.94. The van der Waals surface area contributed by atoms with Gasteiger partial charge in [0.25, 0.3) is 0 Å². The first-order valence-corrected chi connectivity index (χ1v) is 8.94. The van der Waals surface area contributed by atoms with Gasteiger partial charge in [0, 0.05) is 35.8 Å². The largest absolute Gasteiger partial charge is 0.299 e. The van der Waals surface area contributed by atoms with Crippen LogP contribution in [0.15, 0.2) is 42.7 Å². The number of pyridine rings is 1. The number of benzene rings is 1. The third-order valence-electron chi connectivity index (χ3n) is 5.59. The summed E-state index contributed by atoms with van der Waals surface area (Å²) in [5.41, 5.74) is 4.18. The minimum Gasteiger partial charge on any atom is -0.299 e. The maximum Gasteiger partial charge on any atom is 0.181 e. The average molecular weight is 333 g/mol. The molecule has 0 radical (unpaired) electrons. The normalized spacial score (nSPS) is 22.3. The van der Waals surface area contributed by atoms with Gasteiger partial charge in [-0.1, -0.05) is 37.6 Å². The highest BCUT2D eigenvalue weighted by molar-refractivity contribution is 5.87. The lowest BCUT2D eigenvalue weighted by Gasteiger charge is -2.13. The number of aromatic nitrogens is 3. The molecule has 4 heteroatoms. The molecule has 2 heterocycles. The third-order valence-corrected chi connectivity index (χ3v) is 5.59. The molecule has 2 unspecified atom stereocenters. The second-order valence-electron chi connectivity index (χ2n) is 7.28. The van der Waals surface area contributed by atoms with Crippen molar-refractivity contribution in [3.63, 3.8) is 0 Å². The number of nitrogens with zero attached hydrogens (tertiary/aromatic N) is 3. The van der Waals surface area contributed by atoms with Crippen molar-refractivity contribution in [3.05, 3.63) is 48.3 Å². The summed E-state index contributed by atoms with van der Waals surface area (Å²) in [6.45, 7) is 3.91. The second-order valence-corrected chi connectivity index (χ2v) is 7.28. The molecule has 0 aliphatic heterocycles. The van der Waals surface area contributed by atoms with Gasteiger partial charge in [0.15, 0.2) is 5.65 Å². The van der Waals surface area contributed by atoms with Crippen LogP contribution in [0.2, 0.25) is 0 Å². The highest BCUT2D eigenvalue weighted by Crippen LogP contribution is 2.62. The lowest BCUT2D eigenvalue weighted by atomic mass is 9.90. The fraction of sp³-hybridized carbons (Fsp3) is 0.381. The molecule has 0 amide bonds. The molecule has 128 valence electrons. The van der Waals surface area contributed by atoms with E-state index in [-0.39, 0.29) is 5.41 Å². The fourth-order valence-electron chi connectivity index (χ4n) is 4.13. The lowest BCUT2D eigenvalue weighted by Crippen LogP contribution is -2.14. The molecule has 1 saturated carbocycles. The Morgan fingerprint density at radius 3 is 2.72 bits per heavy atom. The molecule has 1 fully saturated rings. The van der Waals surface area contributed by atoms with Crippen molar-refractivity contribution < 1.29 is 4.79 Å². The van der Waals surface area contributed by atoms with Gasteiger partial charge in [-0.3, -0.25) is 9.48 Å². The van der Waals surface area contributed by atoms with Crippen molar-refractivity contribution in [3.8, 4) is 11.1 Å². The number of Topliss-reactive ketones (excluding diaryl/α,β-unsaturated/α-hetero) is 1. The Balaban J connectivity index is 1.60. The van der Waals surface area contributed by atoms with Crippen LogP contribution in [0.4, 0.5) is 0 Å². The average Bonchev–Trinajstić information content (AvgIpc) is 3.21. The van der Waals surface area contributed by atoms with Gasteiger partial charge in [0.2, 0.25) is 0 Å². The molecule has 0 saturated heterocycles. The molecule has 3 aromatic rings. The van der Waals surface area contributed by atoms with E-state index in [1.54, 1.807) is 11.6 Å². The van der Waals surface area contributed by atoms with Gasteiger partial charge in [0.1, 0.15) is 5.78 Å². The zero-order chi connectivity index (χ0) is 17.6. The predicted octanol–water partition coefficient (Wildman–Crippen LogP) is 4.50. The van der Waals surface area contributed by atoms with Crippen LogP contribution in [0, 0.1) is 5.41 Å². The van der Waals surface area contributed by atoms with Crippen LogP contribution in [-0.2, 0) is 11.8 Å². The van der Waals surface area contributed by atoms with Gasteiger partial charge in [-0.05, 0) is 42.9 Å². The number of hydrogen-bond acceptors (Lipinski definition) is 3. The van der Waals surface area contributed by atoms with Crippen molar-refractivity contribution in [2.45, 2.75) is 39.0 Å². The number of rotatable bonds is 5. The van der Waals surface area contributed by atoms with Crippen LogP contribution < -0.4 is 0 Å². The zero-order valence-corrected chi connectivity index (χ0v) is 15.0. The first-order chi connectivity index (χ1) is 12.0. The Bertz CT molecular complexity index is 941. The van der Waals surface area contributed by atoms with E-state index in [2.05, 4.69) is 47.3 Å². The molecule has 2 atom stereocenters. The van der Waals surface area contributed by atoms with Crippen LogP contribution in [0.25, 0.3) is 22.2 Å². The van der Waals surface area contributed by atoms with Gasteiger partial charge in [-0.2, -0.15) is 5.10 Å². The molecule has 4 rings (SSSR count). The molecule has 4 nitrogen and oxygen atoms in total. The molecule has 0 bridgehead atoms. The maximum atomic E-state index is 12.1. The summed E-state index contributed by atoms with van der Waals surface area (Å²) in [7, 11) is 1.91. The van der Waals surface area contributed by atoms with Gasteiger partial charge < -0.3 is 0 Å². The Morgan fingerprint density at radius 1 is 1.28 bits per heavy atom. The minimum absolute atomic E-state index is 0.105. The van der Waals surface area contributed by atoms with E-state index in [1.165, 1.54) is 5.56 Å². The third kappa shape index (κ3) is 2.66. The molecule has 1 aromatic carbocycles. The van der Waals surface area contributed by atoms with Crippen molar-refractivity contribution in [1.29, 1.82) is 0 Å². The zero-order valence-electron chi connectivity index (χ0n) is 15.0. The van der Waals surface area contributed by atoms with E-state index < -0.39 is 0 Å². The number of aryl methyl sites for hydroxylation is 1. The van der Waals surface area contributed by atoms with Gasteiger partial charge in [-0.15, -0.1) is 0 Å². The molecular formula is C21H23N3O. The highest BCUT2D eigenvalue weighted by Gasteiger charge is 2.57. The SMILES string of the molecule is CCCC1(C(C)=O)CC1c1ccc(-c2cnc3nn(C)cc3c2)cc1. The van der Waals surface area contributed by atoms with Gasteiger partial charge in [0.05, 0.1) is 0 Å². The van der Waals surface area contributed by atoms with E-state index in [0.717, 1.165) is 41.4 Å². The topological polar surface area (TPSA) is 47.8 Å². The monoisotopic (exact) mass is 333 g/mol. The quantitative estimate of drug-likeness (QED) is 0.691. The summed E-state index contributed by atoms with van der Waals surface area (Å²) >= 11 is 0. The molecule has 1 aliphatic carbocycles. The predicted molar refractivity (Wildman–Crippen MR) is 99.3 cm³/mol. The molecule has 1 aliphatic rings. The Hall–Kier alpha value is -2.49. The molecule has 2 aromatic heterocycles. The molecule has 25 heavy (non-hydrogen) atoms. The number of hydrogen-bond donors (Lipinski definition) is 0. The van der Waals surface area contributed by atoms with E-state index in [4.69, 9.17) is 0 Å². The van der Waals surface area contributed by atoms with E-state index in [0.29, 0.717) is 11.7 Å². The van der Waals surface area contributed by atoms with Crippen molar-refractivity contribution in [1.82, 2.24) is 14.8 Å². The van der Waals surface area contributed by atoms with Crippen LogP contribution >= 0.6 is 0 Å². The van der Waals surface area contributed by atoms with Crippen molar-refractivity contribution >= 4 is 16.8 Å². The summed E-state index contributed by atoms with van der Waals surface area (Å²) < 4.78 is 1.78. The summed E-state index contributed by atoms with van der Waals surface area (Å²) in [4.78, 5) is 16.5. The number of carbonyl (C=O) groups excluding carboxylic acids is 1. The summed E-state index contributed by atoms with van der Waals surface area (Å²) in [6, 6.07) is 10.8. The number of ketones is 1. The highest BCUT2D eigenvalue weighted by atomic mass is 16.1. The van der Waals surface area contributed by atoms with Crippen molar-refractivity contribution in [2.24, 2.45) is 12.5 Å². The molecule has 0 spiro atoms. The standard InChI is InChI=1S/C21H23N3O/c1-4-9-21(14(2)25)11-19(21)16-7-5-15(6-8-16)17-10-18-13-24(3)23-20(18)22-12-17/h5-8,10,12-13,19H,4,9,11H2,1-3H3. The maximum absolute atomic E-state index is 12.1. The summed E-state index contributed by atoms with van der Waals surface area (Å²) in [5, 5.41) is 5.36. The first kappa shape index (κ1) is 16.0. The fourth-order valence-corrected chi connectivity index (χ4v) is 4.13. The van der Waals surface area contributed by atoms with Crippen molar-refractivity contribution in [2.75, 3.05) is 0 Å². The minimum atomic E-state index is -0.105. The van der Waals surface area contributed by atoms with Crippen LogP contribution in [0.3, 0.4) is 0 Å². The van der Waals surface area contributed by atoms with Crippen LogP contribution in [0.5, 0.6) is 0 Å². The van der Waals surface area contributed by atoms with E-state index in [9.17, 15) is 4.79 Å². The smallest absolute Gasteiger partial charge is 0.181 e. The molecular weight excluding hydrogens is 310 g/mol. The van der Waals surface area contributed by atoms with Crippen LogP contribution in [0.1, 0.15) is 44.6 Å². The van der Waals surface area contributed by atoms with Crippen LogP contribution in [-0.4, -0.2) is 20.5 Å². The Labute approximate surface area is 147 Å². The van der Waals surface area contributed by atoms with Gasteiger partial charge >= 0.3 is 0 Å². The Morgan fingerprint density at radius 2 is 2.04 bits per heavy atom. The van der Waals surface area contributed by atoms with E-state index >= 15 is 0 Å².